The van der Waals surface area contributed by atoms with E-state index >= 15 is 0 Å². The van der Waals surface area contributed by atoms with Crippen molar-refractivity contribution in [3.05, 3.63) is 42.1 Å². The number of rotatable bonds is 3. The van der Waals surface area contributed by atoms with Gasteiger partial charge in [-0.2, -0.15) is 5.10 Å². The average molecular weight is 401 g/mol. The van der Waals surface area contributed by atoms with Gasteiger partial charge in [-0.15, -0.1) is 4.68 Å². The minimum Gasteiger partial charge on any atom is -0.442 e. The van der Waals surface area contributed by atoms with E-state index in [1.807, 2.05) is 6.07 Å². The smallest absolute Gasteiger partial charge is 0.437 e. The molecule has 0 spiro atoms. The molecule has 0 saturated carbocycles. The lowest BCUT2D eigenvalue weighted by atomic mass is 9.79. The molecule has 1 amide bonds. The highest BCUT2D eigenvalue weighted by Crippen LogP contribution is 2.35. The van der Waals surface area contributed by atoms with Crippen molar-refractivity contribution in [3.63, 3.8) is 0 Å². The van der Waals surface area contributed by atoms with Crippen molar-refractivity contribution >= 4 is 18.0 Å². The van der Waals surface area contributed by atoms with Gasteiger partial charge < -0.3 is 14.2 Å². The van der Waals surface area contributed by atoms with E-state index < -0.39 is 17.8 Å². The van der Waals surface area contributed by atoms with E-state index in [9.17, 15) is 9.59 Å². The Morgan fingerprint density at radius 3 is 2.45 bits per heavy atom. The number of carbonyl (C=O) groups is 2. The fourth-order valence-corrected chi connectivity index (χ4v) is 3.01. The Balaban J connectivity index is 1.86. The summed E-state index contributed by atoms with van der Waals surface area (Å²) in [5, 5.41) is 7.08. The average Bonchev–Trinajstić information content (AvgIpc) is 3.06. The molecule has 0 atom stereocenters. The monoisotopic (exact) mass is 401 g/mol. The molecular weight excluding hydrogens is 374 g/mol. The first-order valence-electron chi connectivity index (χ1n) is 9.62. The van der Waals surface area contributed by atoms with Crippen LogP contribution in [0.5, 0.6) is 5.75 Å². The highest BCUT2D eigenvalue weighted by atomic mass is 16.6. The summed E-state index contributed by atoms with van der Waals surface area (Å²) in [6.07, 6.45) is 0.150. The van der Waals surface area contributed by atoms with Gasteiger partial charge in [0.05, 0.1) is 5.69 Å². The zero-order valence-corrected chi connectivity index (χ0v) is 17.2. The Kier molecular flexibility index (Phi) is 5.93. The van der Waals surface area contributed by atoms with Gasteiger partial charge in [-0.25, -0.2) is 9.59 Å². The Hall–Kier alpha value is -2.87. The molecule has 1 aliphatic rings. The number of anilines is 1. The molecule has 2 aromatic rings. The van der Waals surface area contributed by atoms with Crippen LogP contribution in [-0.4, -0.2) is 40.8 Å². The summed E-state index contributed by atoms with van der Waals surface area (Å²) in [5.41, 5.74) is -0.263. The summed E-state index contributed by atoms with van der Waals surface area (Å²) >= 11 is 0. The SMILES string of the molecule is CC(C)(C)OC(=O)n1nc(C2(C)CCOCC2)cc1NC(=O)Oc1ccccc1. The maximum Gasteiger partial charge on any atom is 0.437 e. The van der Waals surface area contributed by atoms with Crippen LogP contribution in [0.4, 0.5) is 15.4 Å². The Morgan fingerprint density at radius 2 is 1.83 bits per heavy atom. The number of nitrogens with zero attached hydrogens (tertiary/aromatic N) is 2. The first-order chi connectivity index (χ1) is 13.7. The normalized spacial score (nSPS) is 16.1. The molecule has 0 unspecified atom stereocenters. The minimum absolute atomic E-state index is 0.197. The van der Waals surface area contributed by atoms with Gasteiger partial charge in [-0.05, 0) is 45.7 Å². The molecular formula is C21H27N3O5. The lowest BCUT2D eigenvalue weighted by Gasteiger charge is -2.31. The van der Waals surface area contributed by atoms with E-state index in [4.69, 9.17) is 14.2 Å². The van der Waals surface area contributed by atoms with Gasteiger partial charge in [-0.3, -0.25) is 5.32 Å². The maximum absolute atomic E-state index is 12.7. The molecule has 1 aliphatic heterocycles. The zero-order chi connectivity index (χ0) is 21.1. The standard InChI is InChI=1S/C21H27N3O5/c1-20(2,3)29-19(26)24-17(22-18(25)28-15-8-6-5-7-9-15)14-16(23-24)21(4)10-12-27-13-11-21/h5-9,14H,10-13H2,1-4H3,(H,22,25). The second-order valence-corrected chi connectivity index (χ2v) is 8.31. The molecule has 8 nitrogen and oxygen atoms in total. The van der Waals surface area contributed by atoms with Crippen LogP contribution in [0, 0.1) is 0 Å². The lowest BCUT2D eigenvalue weighted by molar-refractivity contribution is 0.0497. The number of amides is 1. The summed E-state index contributed by atoms with van der Waals surface area (Å²) in [6, 6.07) is 10.4. The van der Waals surface area contributed by atoms with Crippen molar-refractivity contribution < 1.29 is 23.8 Å². The van der Waals surface area contributed by atoms with E-state index in [1.54, 1.807) is 51.1 Å². The van der Waals surface area contributed by atoms with Crippen molar-refractivity contribution in [2.24, 2.45) is 0 Å². The molecule has 2 heterocycles. The van der Waals surface area contributed by atoms with Crippen molar-refractivity contribution in [2.75, 3.05) is 18.5 Å². The molecule has 1 aromatic carbocycles. The summed E-state index contributed by atoms with van der Waals surface area (Å²) in [5.74, 6) is 0.591. The van der Waals surface area contributed by atoms with Gasteiger partial charge in [0.15, 0.2) is 0 Å². The molecule has 8 heteroatoms. The predicted molar refractivity (Wildman–Crippen MR) is 107 cm³/mol. The van der Waals surface area contributed by atoms with E-state index in [1.165, 1.54) is 0 Å². The molecule has 1 saturated heterocycles. The van der Waals surface area contributed by atoms with Gasteiger partial charge in [0, 0.05) is 24.7 Å². The first kappa shape index (κ1) is 20.9. The van der Waals surface area contributed by atoms with Crippen LogP contribution in [0.3, 0.4) is 0 Å². The van der Waals surface area contributed by atoms with E-state index in [-0.39, 0.29) is 11.2 Å². The highest BCUT2D eigenvalue weighted by Gasteiger charge is 2.34. The molecule has 0 aliphatic carbocycles. The van der Waals surface area contributed by atoms with Gasteiger partial charge >= 0.3 is 12.2 Å². The minimum atomic E-state index is -0.718. The van der Waals surface area contributed by atoms with Crippen molar-refractivity contribution in [2.45, 2.75) is 51.6 Å². The number of ether oxygens (including phenoxy) is 3. The maximum atomic E-state index is 12.7. The quantitative estimate of drug-likeness (QED) is 0.822. The van der Waals surface area contributed by atoms with Crippen LogP contribution in [-0.2, 0) is 14.9 Å². The molecule has 1 fully saturated rings. The number of benzene rings is 1. The predicted octanol–water partition coefficient (Wildman–Crippen LogP) is 4.35. The van der Waals surface area contributed by atoms with Gasteiger partial charge in [-0.1, -0.05) is 25.1 Å². The summed E-state index contributed by atoms with van der Waals surface area (Å²) < 4.78 is 17.2. The van der Waals surface area contributed by atoms with E-state index in [0.29, 0.717) is 24.7 Å². The second kappa shape index (κ2) is 8.24. The number of nitrogens with one attached hydrogen (secondary N) is 1. The third-order valence-corrected chi connectivity index (χ3v) is 4.67. The third-order valence-electron chi connectivity index (χ3n) is 4.67. The summed E-state index contributed by atoms with van der Waals surface area (Å²) in [6.45, 7) is 8.62. The lowest BCUT2D eigenvalue weighted by Crippen LogP contribution is -2.32. The van der Waals surface area contributed by atoms with Crippen LogP contribution in [0.25, 0.3) is 0 Å². The Bertz CT molecular complexity index is 864. The molecule has 0 bridgehead atoms. The molecule has 156 valence electrons. The molecule has 3 rings (SSSR count). The van der Waals surface area contributed by atoms with Gasteiger partial charge in [0.25, 0.3) is 0 Å². The van der Waals surface area contributed by atoms with Crippen molar-refractivity contribution in [1.29, 1.82) is 0 Å². The number of hydrogen-bond acceptors (Lipinski definition) is 6. The van der Waals surface area contributed by atoms with Crippen LogP contribution >= 0.6 is 0 Å². The highest BCUT2D eigenvalue weighted by molar-refractivity contribution is 5.88. The fourth-order valence-electron chi connectivity index (χ4n) is 3.01. The van der Waals surface area contributed by atoms with Gasteiger partial charge in [0.2, 0.25) is 0 Å². The van der Waals surface area contributed by atoms with E-state index in [0.717, 1.165) is 17.5 Å². The zero-order valence-electron chi connectivity index (χ0n) is 17.2. The van der Waals surface area contributed by atoms with Crippen LogP contribution in [0.15, 0.2) is 36.4 Å². The van der Waals surface area contributed by atoms with E-state index in [2.05, 4.69) is 17.3 Å². The van der Waals surface area contributed by atoms with Crippen LogP contribution in [0.1, 0.15) is 46.2 Å². The Labute approximate surface area is 170 Å². The molecule has 1 N–H and O–H groups in total. The van der Waals surface area contributed by atoms with Crippen LogP contribution < -0.4 is 10.1 Å². The Morgan fingerprint density at radius 1 is 1.17 bits per heavy atom. The second-order valence-electron chi connectivity index (χ2n) is 8.31. The topological polar surface area (TPSA) is 91.7 Å². The number of aromatic nitrogens is 2. The number of carbonyl (C=O) groups excluding carboxylic acids is 2. The molecule has 29 heavy (non-hydrogen) atoms. The molecule has 0 radical (unpaired) electrons. The largest absolute Gasteiger partial charge is 0.442 e. The van der Waals surface area contributed by atoms with Gasteiger partial charge in [0.1, 0.15) is 17.2 Å². The first-order valence-corrected chi connectivity index (χ1v) is 9.62. The van der Waals surface area contributed by atoms with Crippen LogP contribution in [0.2, 0.25) is 0 Å². The third kappa shape index (κ3) is 5.35. The van der Waals surface area contributed by atoms with Crippen molar-refractivity contribution in [1.82, 2.24) is 9.78 Å². The summed E-state index contributed by atoms with van der Waals surface area (Å²) in [4.78, 5) is 25.0. The summed E-state index contributed by atoms with van der Waals surface area (Å²) in [7, 11) is 0. The number of hydrogen-bond donors (Lipinski definition) is 1. The fraction of sp³-hybridized carbons (Fsp3) is 0.476. The van der Waals surface area contributed by atoms with Crippen molar-refractivity contribution in [3.8, 4) is 5.75 Å². The number of para-hydroxylation sites is 1. The molecule has 1 aromatic heterocycles.